The highest BCUT2D eigenvalue weighted by Gasteiger charge is 2.17. The maximum Gasteiger partial charge on any atom is 0.284 e. The zero-order valence-corrected chi connectivity index (χ0v) is 14.7. The molecular formula is C17H17BrN2O4. The molecule has 24 heavy (non-hydrogen) atoms. The molecule has 126 valence electrons. The quantitative estimate of drug-likeness (QED) is 0.417. The summed E-state index contributed by atoms with van der Waals surface area (Å²) in [5.41, 5.74) is 0.576. The summed E-state index contributed by atoms with van der Waals surface area (Å²) in [4.78, 5) is 22.8. The van der Waals surface area contributed by atoms with E-state index in [9.17, 15) is 14.9 Å². The van der Waals surface area contributed by atoms with E-state index in [1.807, 2.05) is 6.07 Å². The molecule has 1 N–H and O–H groups in total. The molecule has 6 nitrogen and oxygen atoms in total. The lowest BCUT2D eigenvalue weighted by atomic mass is 10.2. The number of carbonyl (C=O) groups is 1. The first-order valence-corrected chi connectivity index (χ1v) is 8.29. The largest absolute Gasteiger partial charge is 0.491 e. The Morgan fingerprint density at radius 2 is 2.04 bits per heavy atom. The van der Waals surface area contributed by atoms with Gasteiger partial charge in [-0.25, -0.2) is 0 Å². The maximum atomic E-state index is 12.4. The average molecular weight is 393 g/mol. The van der Waals surface area contributed by atoms with Gasteiger partial charge in [-0.1, -0.05) is 25.5 Å². The summed E-state index contributed by atoms with van der Waals surface area (Å²) in [6.07, 6.45) is 1.93. The van der Waals surface area contributed by atoms with Gasteiger partial charge in [0.05, 0.1) is 21.7 Å². The van der Waals surface area contributed by atoms with E-state index < -0.39 is 10.8 Å². The van der Waals surface area contributed by atoms with Gasteiger partial charge in [0.1, 0.15) is 5.75 Å². The number of unbranched alkanes of at least 4 members (excludes halogenated alkanes) is 1. The third kappa shape index (κ3) is 4.55. The smallest absolute Gasteiger partial charge is 0.284 e. The van der Waals surface area contributed by atoms with Crippen molar-refractivity contribution < 1.29 is 14.5 Å². The molecule has 0 aliphatic heterocycles. The summed E-state index contributed by atoms with van der Waals surface area (Å²) in [7, 11) is 0. The van der Waals surface area contributed by atoms with Crippen LogP contribution in [0.15, 0.2) is 46.9 Å². The van der Waals surface area contributed by atoms with Crippen molar-refractivity contribution in [2.45, 2.75) is 19.8 Å². The number of carbonyl (C=O) groups excluding carboxylic acids is 1. The number of nitrogens with zero attached hydrogens (tertiary/aromatic N) is 1. The standard InChI is InChI=1S/C17H17BrN2O4/c1-2-3-10-24-16-7-5-4-6-14(16)19-17(21)12-8-9-13(18)15(11-12)20(22)23/h4-9,11H,2-3,10H2,1H3,(H,19,21). The number of halogens is 1. The van der Waals surface area contributed by atoms with Crippen molar-refractivity contribution in [2.24, 2.45) is 0 Å². The fourth-order valence-electron chi connectivity index (χ4n) is 2.01. The highest BCUT2D eigenvalue weighted by molar-refractivity contribution is 9.10. The van der Waals surface area contributed by atoms with Crippen LogP contribution in [0.2, 0.25) is 0 Å². The zero-order chi connectivity index (χ0) is 17.5. The molecule has 2 aromatic rings. The number of hydrogen-bond donors (Lipinski definition) is 1. The fraction of sp³-hybridized carbons (Fsp3) is 0.235. The Hall–Kier alpha value is -2.41. The van der Waals surface area contributed by atoms with Crippen LogP contribution in [-0.2, 0) is 0 Å². The lowest BCUT2D eigenvalue weighted by Crippen LogP contribution is -2.13. The second-order valence-corrected chi connectivity index (χ2v) is 5.93. The van der Waals surface area contributed by atoms with E-state index in [2.05, 4.69) is 28.2 Å². The monoisotopic (exact) mass is 392 g/mol. The van der Waals surface area contributed by atoms with Crippen molar-refractivity contribution in [1.82, 2.24) is 0 Å². The van der Waals surface area contributed by atoms with Crippen molar-refractivity contribution in [1.29, 1.82) is 0 Å². The fourth-order valence-corrected chi connectivity index (χ4v) is 2.40. The number of nitro benzene ring substituents is 1. The van der Waals surface area contributed by atoms with E-state index >= 15 is 0 Å². The maximum absolute atomic E-state index is 12.4. The number of hydrogen-bond acceptors (Lipinski definition) is 4. The van der Waals surface area contributed by atoms with Crippen LogP contribution in [0.25, 0.3) is 0 Å². The predicted molar refractivity (Wildman–Crippen MR) is 95.6 cm³/mol. The Bertz CT molecular complexity index is 749. The third-order valence-electron chi connectivity index (χ3n) is 3.30. The number of nitro groups is 1. The molecule has 0 aliphatic carbocycles. The first-order valence-electron chi connectivity index (χ1n) is 7.50. The summed E-state index contributed by atoms with van der Waals surface area (Å²) >= 11 is 3.10. The Kier molecular flexibility index (Phi) is 6.31. The Balaban J connectivity index is 2.18. The molecular weight excluding hydrogens is 376 g/mol. The van der Waals surface area contributed by atoms with Crippen molar-refractivity contribution in [2.75, 3.05) is 11.9 Å². The van der Waals surface area contributed by atoms with Gasteiger partial charge < -0.3 is 10.1 Å². The molecule has 0 bridgehead atoms. The van der Waals surface area contributed by atoms with Crippen molar-refractivity contribution in [3.8, 4) is 5.75 Å². The molecule has 0 spiro atoms. The van der Waals surface area contributed by atoms with Gasteiger partial charge in [0.25, 0.3) is 11.6 Å². The molecule has 2 aromatic carbocycles. The normalized spacial score (nSPS) is 10.2. The SMILES string of the molecule is CCCCOc1ccccc1NC(=O)c1ccc(Br)c([N+](=O)[O-])c1. The second-order valence-electron chi connectivity index (χ2n) is 5.08. The number of benzene rings is 2. The molecule has 7 heteroatoms. The summed E-state index contributed by atoms with van der Waals surface area (Å²) in [5.74, 6) is 0.142. The van der Waals surface area contributed by atoms with Crippen LogP contribution >= 0.6 is 15.9 Å². The topological polar surface area (TPSA) is 81.5 Å². The number of amides is 1. The highest BCUT2D eigenvalue weighted by atomic mass is 79.9. The molecule has 0 saturated heterocycles. The highest BCUT2D eigenvalue weighted by Crippen LogP contribution is 2.28. The first kappa shape index (κ1) is 17.9. The molecule has 0 saturated carbocycles. The minimum absolute atomic E-state index is 0.157. The molecule has 0 radical (unpaired) electrons. The lowest BCUT2D eigenvalue weighted by Gasteiger charge is -2.12. The number of nitrogens with one attached hydrogen (secondary N) is 1. The van der Waals surface area contributed by atoms with Gasteiger partial charge in [-0.05, 0) is 46.6 Å². The van der Waals surface area contributed by atoms with Gasteiger partial charge in [0, 0.05) is 11.6 Å². The van der Waals surface area contributed by atoms with E-state index in [-0.39, 0.29) is 11.3 Å². The minimum Gasteiger partial charge on any atom is -0.491 e. The van der Waals surface area contributed by atoms with Crippen molar-refractivity contribution in [3.63, 3.8) is 0 Å². The van der Waals surface area contributed by atoms with Crippen LogP contribution in [0.3, 0.4) is 0 Å². The van der Waals surface area contributed by atoms with Crippen LogP contribution in [0.5, 0.6) is 5.75 Å². The number of ether oxygens (including phenoxy) is 1. The summed E-state index contributed by atoms with van der Waals surface area (Å²) in [5, 5.41) is 13.7. The summed E-state index contributed by atoms with van der Waals surface area (Å²) in [6.45, 7) is 2.63. The second kappa shape index (κ2) is 8.44. The first-order chi connectivity index (χ1) is 11.5. The average Bonchev–Trinajstić information content (AvgIpc) is 2.56. The van der Waals surface area contributed by atoms with Gasteiger partial charge in [-0.15, -0.1) is 0 Å². The number of rotatable bonds is 7. The van der Waals surface area contributed by atoms with Crippen LogP contribution in [-0.4, -0.2) is 17.4 Å². The van der Waals surface area contributed by atoms with E-state index in [1.165, 1.54) is 18.2 Å². The van der Waals surface area contributed by atoms with E-state index in [0.717, 1.165) is 12.8 Å². The Morgan fingerprint density at radius 3 is 2.75 bits per heavy atom. The Labute approximate surface area is 148 Å². The third-order valence-corrected chi connectivity index (χ3v) is 3.97. The molecule has 0 fully saturated rings. The molecule has 0 atom stereocenters. The van der Waals surface area contributed by atoms with E-state index in [0.29, 0.717) is 22.5 Å². The Morgan fingerprint density at radius 1 is 1.29 bits per heavy atom. The number of para-hydroxylation sites is 2. The summed E-state index contributed by atoms with van der Waals surface area (Å²) in [6, 6.07) is 11.3. The van der Waals surface area contributed by atoms with Gasteiger partial charge >= 0.3 is 0 Å². The van der Waals surface area contributed by atoms with Crippen LogP contribution < -0.4 is 10.1 Å². The molecule has 1 amide bonds. The van der Waals surface area contributed by atoms with Gasteiger partial charge in [0.15, 0.2) is 0 Å². The molecule has 2 rings (SSSR count). The molecule has 0 aliphatic rings. The molecule has 0 aromatic heterocycles. The predicted octanol–water partition coefficient (Wildman–Crippen LogP) is 4.79. The van der Waals surface area contributed by atoms with Crippen LogP contribution in [0.1, 0.15) is 30.1 Å². The minimum atomic E-state index is -0.539. The molecule has 0 unspecified atom stereocenters. The van der Waals surface area contributed by atoms with E-state index in [1.54, 1.807) is 18.2 Å². The van der Waals surface area contributed by atoms with Gasteiger partial charge in [-0.3, -0.25) is 14.9 Å². The summed E-state index contributed by atoms with van der Waals surface area (Å²) < 4.78 is 5.99. The van der Waals surface area contributed by atoms with Crippen molar-refractivity contribution in [3.05, 3.63) is 62.6 Å². The van der Waals surface area contributed by atoms with Gasteiger partial charge in [0.2, 0.25) is 0 Å². The van der Waals surface area contributed by atoms with Crippen LogP contribution in [0, 0.1) is 10.1 Å². The van der Waals surface area contributed by atoms with Crippen LogP contribution in [0.4, 0.5) is 11.4 Å². The van der Waals surface area contributed by atoms with E-state index in [4.69, 9.17) is 4.74 Å². The van der Waals surface area contributed by atoms with Crippen molar-refractivity contribution >= 4 is 33.2 Å². The zero-order valence-electron chi connectivity index (χ0n) is 13.1. The lowest BCUT2D eigenvalue weighted by molar-refractivity contribution is -0.385. The van der Waals surface area contributed by atoms with Gasteiger partial charge in [-0.2, -0.15) is 0 Å². The molecule has 0 heterocycles. The number of anilines is 1.